The van der Waals surface area contributed by atoms with Crippen LogP contribution in [0.4, 0.5) is 0 Å². The minimum Gasteiger partial charge on any atom is -0.289 e. The third-order valence-electron chi connectivity index (χ3n) is 7.43. The monoisotopic (exact) mass is 612 g/mol. The Balaban J connectivity index is 1.33. The summed E-state index contributed by atoms with van der Waals surface area (Å²) in [6.45, 7) is 0. The Hall–Kier alpha value is -4.07. The Morgan fingerprint density at radius 3 is 1.95 bits per heavy atom. The summed E-state index contributed by atoms with van der Waals surface area (Å²) in [5.41, 5.74) is 3.14. The number of benzene rings is 5. The molecule has 200 valence electrons. The second-order valence-electron chi connectivity index (χ2n) is 9.99. The molecule has 0 unspecified atom stereocenters. The molecule has 42 heavy (non-hydrogen) atoms. The summed E-state index contributed by atoms with van der Waals surface area (Å²) in [6, 6.07) is 38.5. The van der Waals surface area contributed by atoms with Crippen molar-refractivity contribution in [1.82, 2.24) is 0 Å². The van der Waals surface area contributed by atoms with E-state index in [1.165, 1.54) is 0 Å². The average Bonchev–Trinajstić information content (AvgIpc) is 3.52. The van der Waals surface area contributed by atoms with Crippen LogP contribution < -0.4 is 10.9 Å². The van der Waals surface area contributed by atoms with Gasteiger partial charge in [0.2, 0.25) is 0 Å². The first-order chi connectivity index (χ1) is 20.6. The van der Waals surface area contributed by atoms with Crippen LogP contribution in [-0.2, 0) is 0 Å². The van der Waals surface area contributed by atoms with Crippen LogP contribution in [0.5, 0.6) is 0 Å². The van der Waals surface area contributed by atoms with Crippen molar-refractivity contribution in [1.29, 1.82) is 0 Å². The lowest BCUT2D eigenvalue weighted by atomic mass is 10.0. The van der Waals surface area contributed by atoms with E-state index in [1.807, 2.05) is 72.8 Å². The highest BCUT2D eigenvalue weighted by molar-refractivity contribution is 7.99. The van der Waals surface area contributed by atoms with E-state index in [9.17, 15) is 9.59 Å². The molecule has 0 aliphatic heterocycles. The Kier molecular flexibility index (Phi) is 6.30. The van der Waals surface area contributed by atoms with Gasteiger partial charge in [-0.15, -0.1) is 34.0 Å². The van der Waals surface area contributed by atoms with Crippen LogP contribution in [0.25, 0.3) is 61.9 Å². The molecule has 3 heterocycles. The zero-order valence-electron chi connectivity index (χ0n) is 22.0. The Labute approximate surface area is 257 Å². The highest BCUT2D eigenvalue weighted by Crippen LogP contribution is 2.45. The molecular weight excluding hydrogens is 593 g/mol. The summed E-state index contributed by atoms with van der Waals surface area (Å²) >= 11 is 6.62. The van der Waals surface area contributed by atoms with Crippen molar-refractivity contribution in [2.24, 2.45) is 0 Å². The van der Waals surface area contributed by atoms with Crippen molar-refractivity contribution in [3.63, 3.8) is 0 Å². The molecule has 8 rings (SSSR count). The second-order valence-corrected chi connectivity index (χ2v) is 14.2. The van der Waals surface area contributed by atoms with E-state index >= 15 is 0 Å². The standard InChI is InChI=1S/C36H20O2S4/c37-35-24-10-4-6-12-27(24)41-29-15-14-21(18-26(29)35)22-19-32(39-20-22)33-30(40-23-8-2-1-3-9-23)16-17-31-34(33)36(38)25-11-5-7-13-28(25)42-31/h1-20H. The van der Waals surface area contributed by atoms with Gasteiger partial charge >= 0.3 is 0 Å². The molecule has 0 aliphatic rings. The lowest BCUT2D eigenvalue weighted by molar-refractivity contribution is 1.43. The smallest absolute Gasteiger partial charge is 0.196 e. The predicted octanol–water partition coefficient (Wildman–Crippen LogP) is 10.7. The van der Waals surface area contributed by atoms with Gasteiger partial charge in [0.15, 0.2) is 10.9 Å². The van der Waals surface area contributed by atoms with Gasteiger partial charge in [-0.05, 0) is 83.2 Å². The number of fused-ring (bicyclic) bond motifs is 4. The van der Waals surface area contributed by atoms with Gasteiger partial charge in [0, 0.05) is 60.6 Å². The zero-order valence-corrected chi connectivity index (χ0v) is 25.3. The van der Waals surface area contributed by atoms with Gasteiger partial charge in [-0.2, -0.15) is 0 Å². The molecule has 8 aromatic rings. The van der Waals surface area contributed by atoms with E-state index in [1.54, 1.807) is 45.8 Å². The van der Waals surface area contributed by atoms with Gasteiger partial charge in [0.05, 0.1) is 0 Å². The molecule has 0 bridgehead atoms. The molecular formula is C36H20O2S4. The molecule has 0 aliphatic carbocycles. The molecule has 2 nitrogen and oxygen atoms in total. The van der Waals surface area contributed by atoms with Crippen LogP contribution in [-0.4, -0.2) is 0 Å². The first kappa shape index (κ1) is 25.6. The van der Waals surface area contributed by atoms with E-state index < -0.39 is 0 Å². The minimum atomic E-state index is 0.0647. The van der Waals surface area contributed by atoms with Gasteiger partial charge in [-0.3, -0.25) is 9.59 Å². The topological polar surface area (TPSA) is 34.1 Å². The summed E-state index contributed by atoms with van der Waals surface area (Å²) in [5, 5.41) is 5.15. The quantitative estimate of drug-likeness (QED) is 0.185. The van der Waals surface area contributed by atoms with Crippen molar-refractivity contribution in [3.05, 3.63) is 141 Å². The molecule has 0 saturated heterocycles. The van der Waals surface area contributed by atoms with Gasteiger partial charge in [0.25, 0.3) is 0 Å². The lowest BCUT2D eigenvalue weighted by Gasteiger charge is -2.12. The number of rotatable bonds is 4. The highest BCUT2D eigenvalue weighted by Gasteiger charge is 2.19. The summed E-state index contributed by atoms with van der Waals surface area (Å²) < 4.78 is 3.96. The second kappa shape index (κ2) is 10.3. The fourth-order valence-electron chi connectivity index (χ4n) is 5.42. The molecule has 0 saturated carbocycles. The van der Waals surface area contributed by atoms with Gasteiger partial charge < -0.3 is 0 Å². The van der Waals surface area contributed by atoms with Crippen molar-refractivity contribution >= 4 is 86.1 Å². The molecule has 0 radical (unpaired) electrons. The van der Waals surface area contributed by atoms with Crippen LogP contribution in [0.2, 0.25) is 0 Å². The first-order valence-corrected chi connectivity index (χ1v) is 16.7. The van der Waals surface area contributed by atoms with Crippen LogP contribution >= 0.6 is 45.8 Å². The molecule has 5 aromatic carbocycles. The third-order valence-corrected chi connectivity index (χ3v) is 11.7. The molecule has 0 N–H and O–H groups in total. The van der Waals surface area contributed by atoms with E-state index in [4.69, 9.17) is 0 Å². The SMILES string of the molecule is O=c1c2ccccc2sc2ccc(-c3csc(-c4c(Sc5ccccc5)ccc5sc6ccccc6c(=O)c45)c3)cc12. The fraction of sp³-hybridized carbons (Fsp3) is 0. The van der Waals surface area contributed by atoms with Crippen LogP contribution in [0.3, 0.4) is 0 Å². The van der Waals surface area contributed by atoms with Crippen molar-refractivity contribution in [3.8, 4) is 21.6 Å². The fourth-order valence-corrected chi connectivity index (χ4v) is 9.60. The number of thiophene rings is 1. The molecule has 3 aromatic heterocycles. The van der Waals surface area contributed by atoms with Gasteiger partial charge in [0.1, 0.15) is 0 Å². The van der Waals surface area contributed by atoms with Crippen molar-refractivity contribution in [2.45, 2.75) is 9.79 Å². The number of hydrogen-bond donors (Lipinski definition) is 0. The average molecular weight is 613 g/mol. The summed E-state index contributed by atoms with van der Waals surface area (Å²) in [5.74, 6) is 0. The molecule has 0 fully saturated rings. The van der Waals surface area contributed by atoms with Crippen LogP contribution in [0, 0.1) is 0 Å². The maximum absolute atomic E-state index is 14.0. The first-order valence-electron chi connectivity index (χ1n) is 13.4. The summed E-state index contributed by atoms with van der Waals surface area (Å²) in [4.78, 5) is 30.6. The summed E-state index contributed by atoms with van der Waals surface area (Å²) in [6.07, 6.45) is 0. The molecule has 0 amide bonds. The summed E-state index contributed by atoms with van der Waals surface area (Å²) in [7, 11) is 0. The molecule has 0 spiro atoms. The van der Waals surface area contributed by atoms with Crippen molar-refractivity contribution < 1.29 is 0 Å². The maximum Gasteiger partial charge on any atom is 0.196 e. The highest BCUT2D eigenvalue weighted by atomic mass is 32.2. The Bertz CT molecular complexity index is 2430. The zero-order chi connectivity index (χ0) is 28.2. The van der Waals surface area contributed by atoms with Crippen LogP contribution in [0.15, 0.2) is 140 Å². The van der Waals surface area contributed by atoms with Gasteiger partial charge in [-0.1, -0.05) is 60.3 Å². The largest absolute Gasteiger partial charge is 0.289 e. The normalized spacial score (nSPS) is 11.6. The molecule has 6 heteroatoms. The minimum absolute atomic E-state index is 0.0647. The Morgan fingerprint density at radius 2 is 1.17 bits per heavy atom. The molecule has 0 atom stereocenters. The van der Waals surface area contributed by atoms with Gasteiger partial charge in [-0.25, -0.2) is 0 Å². The predicted molar refractivity (Wildman–Crippen MR) is 184 cm³/mol. The van der Waals surface area contributed by atoms with Crippen LogP contribution in [0.1, 0.15) is 0 Å². The maximum atomic E-state index is 14.0. The van der Waals surface area contributed by atoms with Crippen molar-refractivity contribution in [2.75, 3.05) is 0 Å². The number of hydrogen-bond acceptors (Lipinski definition) is 6. The van der Waals surface area contributed by atoms with E-state index in [0.29, 0.717) is 0 Å². The van der Waals surface area contributed by atoms with E-state index in [0.717, 1.165) is 71.7 Å². The third kappa shape index (κ3) is 4.30. The lowest BCUT2D eigenvalue weighted by Crippen LogP contribution is -2.03. The van der Waals surface area contributed by atoms with E-state index in [2.05, 4.69) is 47.8 Å². The Morgan fingerprint density at radius 1 is 0.524 bits per heavy atom. The van der Waals surface area contributed by atoms with E-state index in [-0.39, 0.29) is 10.9 Å².